The molecule has 19 heavy (non-hydrogen) atoms. The number of nitrogens with zero attached hydrogens (tertiary/aromatic N) is 3. The van der Waals surface area contributed by atoms with E-state index in [1.165, 1.54) is 18.5 Å². The van der Waals surface area contributed by atoms with Crippen molar-refractivity contribution in [2.24, 2.45) is 0 Å². The SMILES string of the molecule is CN(c1nc2sccn2c1CNC(C)(C)C)C1CC1. The van der Waals surface area contributed by atoms with Gasteiger partial charge in [0.15, 0.2) is 10.8 Å². The Hall–Kier alpha value is -1.07. The molecule has 1 N–H and O–H groups in total. The van der Waals surface area contributed by atoms with Gasteiger partial charge in [-0.1, -0.05) is 0 Å². The fourth-order valence-electron chi connectivity index (χ4n) is 2.25. The number of fused-ring (bicyclic) bond motifs is 1. The van der Waals surface area contributed by atoms with Crippen LogP contribution in [0.3, 0.4) is 0 Å². The van der Waals surface area contributed by atoms with Crippen LogP contribution >= 0.6 is 11.3 Å². The summed E-state index contributed by atoms with van der Waals surface area (Å²) in [5, 5.41) is 5.68. The second-order valence-corrected chi connectivity index (χ2v) is 7.26. The van der Waals surface area contributed by atoms with Crippen LogP contribution in [0.2, 0.25) is 0 Å². The molecule has 0 aliphatic heterocycles. The Labute approximate surface area is 118 Å². The Morgan fingerprint density at radius 1 is 1.47 bits per heavy atom. The molecule has 0 amide bonds. The molecule has 1 aliphatic rings. The van der Waals surface area contributed by atoms with E-state index in [-0.39, 0.29) is 5.54 Å². The van der Waals surface area contributed by atoms with Crippen LogP contribution in [-0.4, -0.2) is 28.0 Å². The number of nitrogens with one attached hydrogen (secondary N) is 1. The second kappa shape index (κ2) is 4.49. The van der Waals surface area contributed by atoms with Gasteiger partial charge in [-0.05, 0) is 33.6 Å². The summed E-state index contributed by atoms with van der Waals surface area (Å²) in [4.78, 5) is 8.24. The van der Waals surface area contributed by atoms with Crippen LogP contribution in [0.5, 0.6) is 0 Å². The summed E-state index contributed by atoms with van der Waals surface area (Å²) in [5.74, 6) is 1.14. The first kappa shape index (κ1) is 12.9. The number of hydrogen-bond acceptors (Lipinski definition) is 4. The van der Waals surface area contributed by atoms with Gasteiger partial charge in [-0.2, -0.15) is 0 Å². The minimum Gasteiger partial charge on any atom is -0.355 e. The zero-order valence-electron chi connectivity index (χ0n) is 12.1. The van der Waals surface area contributed by atoms with Crippen LogP contribution in [0, 0.1) is 0 Å². The molecule has 5 heteroatoms. The Balaban J connectivity index is 1.93. The Morgan fingerprint density at radius 2 is 2.21 bits per heavy atom. The third-order valence-electron chi connectivity index (χ3n) is 3.55. The van der Waals surface area contributed by atoms with E-state index in [0.717, 1.165) is 17.3 Å². The van der Waals surface area contributed by atoms with E-state index in [4.69, 9.17) is 4.98 Å². The van der Waals surface area contributed by atoms with Crippen molar-refractivity contribution in [2.75, 3.05) is 11.9 Å². The van der Waals surface area contributed by atoms with E-state index in [1.54, 1.807) is 11.3 Å². The fraction of sp³-hybridized carbons (Fsp3) is 0.643. The molecule has 1 aliphatic carbocycles. The molecule has 1 fully saturated rings. The highest BCUT2D eigenvalue weighted by molar-refractivity contribution is 7.15. The average Bonchev–Trinajstić information content (AvgIpc) is 2.96. The zero-order valence-corrected chi connectivity index (χ0v) is 12.9. The molecule has 0 radical (unpaired) electrons. The number of rotatable bonds is 4. The highest BCUT2D eigenvalue weighted by atomic mass is 32.1. The second-order valence-electron chi connectivity index (χ2n) is 6.38. The topological polar surface area (TPSA) is 32.6 Å². The van der Waals surface area contributed by atoms with Crippen LogP contribution in [0.15, 0.2) is 11.6 Å². The third-order valence-corrected chi connectivity index (χ3v) is 4.31. The van der Waals surface area contributed by atoms with Gasteiger partial charge in [0.1, 0.15) is 0 Å². The summed E-state index contributed by atoms with van der Waals surface area (Å²) in [5.41, 5.74) is 1.40. The predicted molar refractivity (Wildman–Crippen MR) is 81.1 cm³/mol. The van der Waals surface area contributed by atoms with Crippen LogP contribution in [0.4, 0.5) is 5.82 Å². The zero-order chi connectivity index (χ0) is 13.6. The van der Waals surface area contributed by atoms with Crippen molar-refractivity contribution in [3.8, 4) is 0 Å². The van der Waals surface area contributed by atoms with Crippen molar-refractivity contribution in [3.05, 3.63) is 17.3 Å². The lowest BCUT2D eigenvalue weighted by Gasteiger charge is -2.22. The van der Waals surface area contributed by atoms with Crippen molar-refractivity contribution in [1.82, 2.24) is 14.7 Å². The molecule has 0 bridgehead atoms. The standard InChI is InChI=1S/C14H22N4S/c1-14(2,3)15-9-11-12(17(4)10-5-6-10)16-13-18(11)7-8-19-13/h7-8,10,15H,5-6,9H2,1-4H3. The molecular formula is C14H22N4S. The molecule has 0 aromatic carbocycles. The minimum atomic E-state index is 0.121. The monoisotopic (exact) mass is 278 g/mol. The molecule has 2 heterocycles. The first-order valence-electron chi connectivity index (χ1n) is 6.88. The Kier molecular flexibility index (Phi) is 3.06. The van der Waals surface area contributed by atoms with Gasteiger partial charge < -0.3 is 10.2 Å². The van der Waals surface area contributed by atoms with Crippen molar-refractivity contribution in [3.63, 3.8) is 0 Å². The van der Waals surface area contributed by atoms with Gasteiger partial charge in [0, 0.05) is 36.8 Å². The largest absolute Gasteiger partial charge is 0.355 e. The summed E-state index contributed by atoms with van der Waals surface area (Å²) in [6.07, 6.45) is 4.72. The van der Waals surface area contributed by atoms with E-state index in [2.05, 4.69) is 54.0 Å². The predicted octanol–water partition coefficient (Wildman–Crippen LogP) is 2.88. The Morgan fingerprint density at radius 3 is 2.84 bits per heavy atom. The molecule has 1 saturated carbocycles. The minimum absolute atomic E-state index is 0.121. The van der Waals surface area contributed by atoms with Crippen molar-refractivity contribution in [2.45, 2.75) is 51.7 Å². The normalized spacial score (nSPS) is 16.2. The van der Waals surface area contributed by atoms with Gasteiger partial charge in [-0.3, -0.25) is 4.40 Å². The molecule has 2 aromatic heterocycles. The summed E-state index contributed by atoms with van der Waals surface area (Å²) >= 11 is 1.70. The smallest absolute Gasteiger partial charge is 0.195 e. The van der Waals surface area contributed by atoms with Gasteiger partial charge >= 0.3 is 0 Å². The lowest BCUT2D eigenvalue weighted by atomic mass is 10.1. The van der Waals surface area contributed by atoms with E-state index in [1.807, 2.05) is 0 Å². The first-order chi connectivity index (χ1) is 8.96. The molecule has 3 rings (SSSR count). The van der Waals surface area contributed by atoms with E-state index < -0.39 is 0 Å². The van der Waals surface area contributed by atoms with E-state index in [9.17, 15) is 0 Å². The summed E-state index contributed by atoms with van der Waals surface area (Å²) < 4.78 is 2.22. The highest BCUT2D eigenvalue weighted by Crippen LogP contribution is 2.33. The van der Waals surface area contributed by atoms with Crippen LogP contribution in [0.1, 0.15) is 39.3 Å². The maximum Gasteiger partial charge on any atom is 0.195 e. The van der Waals surface area contributed by atoms with Crippen LogP contribution in [0.25, 0.3) is 4.96 Å². The van der Waals surface area contributed by atoms with E-state index in [0.29, 0.717) is 6.04 Å². The number of aromatic nitrogens is 2. The van der Waals surface area contributed by atoms with Crippen molar-refractivity contribution < 1.29 is 0 Å². The van der Waals surface area contributed by atoms with Gasteiger partial charge in [0.05, 0.1) is 5.69 Å². The van der Waals surface area contributed by atoms with Gasteiger partial charge in [-0.15, -0.1) is 11.3 Å². The Bertz CT molecular complexity index is 574. The maximum atomic E-state index is 4.80. The summed E-state index contributed by atoms with van der Waals surface area (Å²) in [6.45, 7) is 7.45. The highest BCUT2D eigenvalue weighted by Gasteiger charge is 2.30. The lowest BCUT2D eigenvalue weighted by molar-refractivity contribution is 0.420. The quantitative estimate of drug-likeness (QED) is 0.933. The summed E-state index contributed by atoms with van der Waals surface area (Å²) in [6, 6.07) is 0.693. The molecule has 0 saturated heterocycles. The van der Waals surface area contributed by atoms with Gasteiger partial charge in [0.25, 0.3) is 0 Å². The molecule has 0 unspecified atom stereocenters. The number of hydrogen-bond donors (Lipinski definition) is 1. The molecule has 0 spiro atoms. The summed E-state index contributed by atoms with van der Waals surface area (Å²) in [7, 11) is 2.17. The number of thiazole rings is 1. The molecule has 4 nitrogen and oxygen atoms in total. The molecule has 0 atom stereocenters. The average molecular weight is 278 g/mol. The third kappa shape index (κ3) is 2.62. The van der Waals surface area contributed by atoms with Crippen LogP contribution in [-0.2, 0) is 6.54 Å². The van der Waals surface area contributed by atoms with Crippen LogP contribution < -0.4 is 10.2 Å². The van der Waals surface area contributed by atoms with Gasteiger partial charge in [0.2, 0.25) is 0 Å². The molecule has 104 valence electrons. The van der Waals surface area contributed by atoms with E-state index >= 15 is 0 Å². The number of anilines is 1. The fourth-order valence-corrected chi connectivity index (χ4v) is 2.98. The lowest BCUT2D eigenvalue weighted by Crippen LogP contribution is -2.36. The molecular weight excluding hydrogens is 256 g/mol. The maximum absolute atomic E-state index is 4.80. The van der Waals surface area contributed by atoms with Gasteiger partial charge in [-0.25, -0.2) is 4.98 Å². The van der Waals surface area contributed by atoms with Crippen molar-refractivity contribution >= 4 is 22.1 Å². The number of imidazole rings is 1. The first-order valence-corrected chi connectivity index (χ1v) is 7.76. The van der Waals surface area contributed by atoms with Crippen molar-refractivity contribution in [1.29, 1.82) is 0 Å². The molecule has 2 aromatic rings.